The number of rotatable bonds is 4. The third-order valence-electron chi connectivity index (χ3n) is 2.49. The maximum atomic E-state index is 13.5. The van der Waals surface area contributed by atoms with Gasteiger partial charge in [-0.05, 0) is 0 Å². The quantitative estimate of drug-likeness (QED) is 0.655. The van der Waals surface area contributed by atoms with E-state index in [1.807, 2.05) is 0 Å². The van der Waals surface area contributed by atoms with Crippen LogP contribution in [-0.4, -0.2) is 21.0 Å². The minimum Gasteiger partial charge on any atom is -0.348 e. The molecule has 0 bridgehead atoms. The third kappa shape index (κ3) is 2.76. The van der Waals surface area contributed by atoms with Crippen molar-refractivity contribution in [2.45, 2.75) is 6.54 Å². The van der Waals surface area contributed by atoms with E-state index in [2.05, 4.69) is 15.5 Å². The summed E-state index contributed by atoms with van der Waals surface area (Å²) in [7, 11) is 0. The average molecular weight is 282 g/mol. The monoisotopic (exact) mass is 282 g/mol. The van der Waals surface area contributed by atoms with E-state index in [9.17, 15) is 23.7 Å². The molecule has 2 aromatic rings. The molecule has 1 amide bonds. The molecule has 0 aliphatic heterocycles. The maximum Gasteiger partial charge on any atom is 0.305 e. The van der Waals surface area contributed by atoms with Gasteiger partial charge in [-0.25, -0.2) is 4.39 Å². The van der Waals surface area contributed by atoms with Gasteiger partial charge < -0.3 is 5.32 Å². The molecule has 1 aromatic heterocycles. The highest BCUT2D eigenvalue weighted by Crippen LogP contribution is 2.21. The Bertz CT molecular complexity index is 658. The Hall–Kier alpha value is -2.84. The average Bonchev–Trinajstić information content (AvgIpc) is 2.88. The van der Waals surface area contributed by atoms with Crippen LogP contribution in [-0.2, 0) is 6.54 Å². The molecule has 7 nitrogen and oxygen atoms in total. The van der Waals surface area contributed by atoms with Crippen molar-refractivity contribution in [3.05, 3.63) is 57.4 Å². The molecule has 1 heterocycles. The van der Waals surface area contributed by atoms with Crippen LogP contribution in [0.25, 0.3) is 0 Å². The van der Waals surface area contributed by atoms with Crippen LogP contribution in [0.2, 0.25) is 0 Å². The second-order valence-electron chi connectivity index (χ2n) is 3.83. The minimum atomic E-state index is -1.33. The molecule has 0 radical (unpaired) electrons. The Balaban J connectivity index is 2.21. The molecule has 0 fully saturated rings. The number of benzene rings is 1. The predicted molar refractivity (Wildman–Crippen MR) is 62.8 cm³/mol. The topological polar surface area (TPSA) is 101 Å². The van der Waals surface area contributed by atoms with Crippen LogP contribution < -0.4 is 5.32 Å². The molecule has 0 aliphatic rings. The van der Waals surface area contributed by atoms with Crippen LogP contribution in [0.15, 0.2) is 24.5 Å². The van der Waals surface area contributed by atoms with Gasteiger partial charge in [0.25, 0.3) is 5.91 Å². The van der Waals surface area contributed by atoms with Crippen molar-refractivity contribution < 1.29 is 18.5 Å². The lowest BCUT2D eigenvalue weighted by Crippen LogP contribution is -2.24. The molecule has 0 atom stereocenters. The van der Waals surface area contributed by atoms with Crippen molar-refractivity contribution >= 4 is 11.6 Å². The molecule has 0 aliphatic carbocycles. The summed E-state index contributed by atoms with van der Waals surface area (Å²) in [5, 5.41) is 19.1. The second kappa shape index (κ2) is 5.43. The lowest BCUT2D eigenvalue weighted by atomic mass is 10.1. The van der Waals surface area contributed by atoms with E-state index in [1.165, 1.54) is 12.4 Å². The first-order valence-electron chi connectivity index (χ1n) is 5.38. The van der Waals surface area contributed by atoms with Gasteiger partial charge in [0, 0.05) is 30.4 Å². The minimum absolute atomic E-state index is 0.0555. The standard InChI is InChI=1S/C11H8F2N4O3/c12-8-2-9(13)10(17(19)20)1-7(8)11(18)14-3-6-4-15-16-5-6/h1-2,4-5H,3H2,(H,14,18)(H,15,16). The fourth-order valence-electron chi connectivity index (χ4n) is 1.50. The van der Waals surface area contributed by atoms with Crippen molar-refractivity contribution in [2.75, 3.05) is 0 Å². The number of carbonyl (C=O) groups is 1. The second-order valence-corrected chi connectivity index (χ2v) is 3.83. The number of aromatic amines is 1. The lowest BCUT2D eigenvalue weighted by molar-refractivity contribution is -0.387. The fraction of sp³-hybridized carbons (Fsp3) is 0.0909. The van der Waals surface area contributed by atoms with Gasteiger partial charge in [0.2, 0.25) is 5.82 Å². The molecule has 1 aromatic carbocycles. The van der Waals surface area contributed by atoms with Crippen molar-refractivity contribution in [2.24, 2.45) is 0 Å². The van der Waals surface area contributed by atoms with Crippen LogP contribution in [0.1, 0.15) is 15.9 Å². The number of nitrogens with one attached hydrogen (secondary N) is 2. The largest absolute Gasteiger partial charge is 0.348 e. The van der Waals surface area contributed by atoms with Gasteiger partial charge >= 0.3 is 5.69 Å². The van der Waals surface area contributed by atoms with Crippen LogP contribution in [0.3, 0.4) is 0 Å². The summed E-state index contributed by atoms with van der Waals surface area (Å²) in [5.41, 5.74) is -0.920. The van der Waals surface area contributed by atoms with Gasteiger partial charge in [-0.15, -0.1) is 0 Å². The Kier molecular flexibility index (Phi) is 3.69. The van der Waals surface area contributed by atoms with Crippen LogP contribution >= 0.6 is 0 Å². The highest BCUT2D eigenvalue weighted by atomic mass is 19.1. The van der Waals surface area contributed by atoms with E-state index < -0.39 is 33.7 Å². The van der Waals surface area contributed by atoms with Gasteiger partial charge in [0.05, 0.1) is 16.7 Å². The summed E-state index contributed by atoms with van der Waals surface area (Å²) >= 11 is 0. The molecule has 0 spiro atoms. The Morgan fingerprint density at radius 2 is 2.15 bits per heavy atom. The van der Waals surface area contributed by atoms with Crippen LogP contribution in [0.4, 0.5) is 14.5 Å². The number of H-pyrrole nitrogens is 1. The van der Waals surface area contributed by atoms with Gasteiger partial charge in [-0.1, -0.05) is 0 Å². The summed E-state index contributed by atoms with van der Waals surface area (Å²) in [6.07, 6.45) is 2.97. The summed E-state index contributed by atoms with van der Waals surface area (Å²) < 4.78 is 26.6. The van der Waals surface area contributed by atoms with E-state index in [0.29, 0.717) is 17.7 Å². The number of nitro groups is 1. The highest BCUT2D eigenvalue weighted by Gasteiger charge is 2.22. The zero-order valence-corrected chi connectivity index (χ0v) is 9.89. The number of amides is 1. The molecular formula is C11H8F2N4O3. The normalized spacial score (nSPS) is 10.3. The number of nitrogens with zero attached hydrogens (tertiary/aromatic N) is 2. The van der Waals surface area contributed by atoms with E-state index in [-0.39, 0.29) is 6.54 Å². The lowest BCUT2D eigenvalue weighted by Gasteiger charge is -2.05. The van der Waals surface area contributed by atoms with E-state index >= 15 is 0 Å². The molecule has 0 saturated heterocycles. The molecule has 2 rings (SSSR count). The first-order chi connectivity index (χ1) is 9.49. The van der Waals surface area contributed by atoms with E-state index in [1.54, 1.807) is 0 Å². The summed E-state index contributed by atoms with van der Waals surface area (Å²) in [4.78, 5) is 21.2. The van der Waals surface area contributed by atoms with E-state index in [0.717, 1.165) is 0 Å². The Labute approximate surface area is 110 Å². The predicted octanol–water partition coefficient (Wildman–Crippen LogP) is 1.53. The molecular weight excluding hydrogens is 274 g/mol. The number of nitro benzene ring substituents is 1. The SMILES string of the molecule is O=C(NCc1cn[nH]c1)c1cc([N+](=O)[O-])c(F)cc1F. The maximum absolute atomic E-state index is 13.5. The number of carbonyl (C=O) groups excluding carboxylic acids is 1. The zero-order chi connectivity index (χ0) is 14.7. The van der Waals surface area contributed by atoms with Crippen molar-refractivity contribution in [1.82, 2.24) is 15.5 Å². The summed E-state index contributed by atoms with van der Waals surface area (Å²) in [6.45, 7) is 0.0555. The molecule has 0 unspecified atom stereocenters. The Morgan fingerprint density at radius 3 is 2.75 bits per heavy atom. The first kappa shape index (κ1) is 13.6. The summed E-state index contributed by atoms with van der Waals surface area (Å²) in [5.74, 6) is -3.39. The van der Waals surface area contributed by atoms with Crippen LogP contribution in [0.5, 0.6) is 0 Å². The zero-order valence-electron chi connectivity index (χ0n) is 9.89. The van der Waals surface area contributed by atoms with Crippen LogP contribution in [0, 0.1) is 21.7 Å². The van der Waals surface area contributed by atoms with Crippen molar-refractivity contribution in [1.29, 1.82) is 0 Å². The summed E-state index contributed by atoms with van der Waals surface area (Å²) in [6, 6.07) is 0.875. The first-order valence-corrected chi connectivity index (χ1v) is 5.38. The van der Waals surface area contributed by atoms with Gasteiger partial charge in [-0.3, -0.25) is 20.0 Å². The third-order valence-corrected chi connectivity index (χ3v) is 2.49. The van der Waals surface area contributed by atoms with Crippen molar-refractivity contribution in [3.63, 3.8) is 0 Å². The molecule has 20 heavy (non-hydrogen) atoms. The van der Waals surface area contributed by atoms with Gasteiger partial charge in [0.1, 0.15) is 5.82 Å². The van der Waals surface area contributed by atoms with Gasteiger partial charge in [-0.2, -0.15) is 9.49 Å². The number of hydrogen-bond donors (Lipinski definition) is 2. The Morgan fingerprint density at radius 1 is 1.40 bits per heavy atom. The molecule has 2 N–H and O–H groups in total. The molecule has 9 heteroatoms. The molecule has 104 valence electrons. The number of aromatic nitrogens is 2. The fourth-order valence-corrected chi connectivity index (χ4v) is 1.50. The van der Waals surface area contributed by atoms with E-state index in [4.69, 9.17) is 0 Å². The number of halogens is 2. The molecule has 0 saturated carbocycles. The highest BCUT2D eigenvalue weighted by molar-refractivity contribution is 5.95. The van der Waals surface area contributed by atoms with Crippen molar-refractivity contribution in [3.8, 4) is 0 Å². The number of hydrogen-bond acceptors (Lipinski definition) is 4. The smallest absolute Gasteiger partial charge is 0.305 e. The van der Waals surface area contributed by atoms with Gasteiger partial charge in [0.15, 0.2) is 0 Å².